The van der Waals surface area contributed by atoms with Crippen molar-refractivity contribution >= 4 is 75.3 Å². The zero-order valence-electron chi connectivity index (χ0n) is 30.4. The normalized spacial score (nSPS) is 11.9. The van der Waals surface area contributed by atoms with Crippen molar-refractivity contribution in [3.63, 3.8) is 0 Å². The number of rotatable bonds is 5. The standard InChI is InChI=1S/C51H30N4OS/c1-3-13-31(14-4-1)32-25-27-33(28-26-32)49-52-50(40-21-11-19-36-35-17-8-10-24-44(35)56-46(36)40)54-51(53-49)41-22-12-20-37-38-29-30-43-45(48(38)57-47(37)41)39-18-7-9-23-42(39)55(43)34-15-5-2-6-16-34/h1-30H. The van der Waals surface area contributed by atoms with Crippen LogP contribution in [0.1, 0.15) is 0 Å². The molecule has 0 saturated carbocycles. The van der Waals surface area contributed by atoms with E-state index < -0.39 is 0 Å². The van der Waals surface area contributed by atoms with E-state index >= 15 is 0 Å². The first-order valence-corrected chi connectivity index (χ1v) is 19.8. The second-order valence-corrected chi connectivity index (χ2v) is 15.4. The third-order valence-corrected chi connectivity index (χ3v) is 12.4. The Morgan fingerprint density at radius 2 is 0.982 bits per heavy atom. The van der Waals surface area contributed by atoms with Gasteiger partial charge in [0.25, 0.3) is 0 Å². The Kier molecular flexibility index (Phi) is 7.03. The highest BCUT2D eigenvalue weighted by Gasteiger charge is 2.22. The van der Waals surface area contributed by atoms with Gasteiger partial charge in [0.05, 0.1) is 16.6 Å². The van der Waals surface area contributed by atoms with Crippen molar-refractivity contribution in [1.82, 2.24) is 19.5 Å². The zero-order valence-corrected chi connectivity index (χ0v) is 31.2. The number of aromatic nitrogens is 4. The van der Waals surface area contributed by atoms with Crippen LogP contribution in [-0.2, 0) is 0 Å². The lowest BCUT2D eigenvalue weighted by Gasteiger charge is -2.10. The largest absolute Gasteiger partial charge is 0.455 e. The minimum atomic E-state index is 0.568. The lowest BCUT2D eigenvalue weighted by molar-refractivity contribution is 0.669. The van der Waals surface area contributed by atoms with Crippen LogP contribution in [-0.4, -0.2) is 19.5 Å². The quantitative estimate of drug-likeness (QED) is 0.176. The Bertz CT molecular complexity index is 3510. The summed E-state index contributed by atoms with van der Waals surface area (Å²) in [5.41, 5.74) is 10.1. The first kappa shape index (κ1) is 31.9. The van der Waals surface area contributed by atoms with Crippen LogP contribution in [0.25, 0.3) is 115 Å². The van der Waals surface area contributed by atoms with Crippen LogP contribution in [0.3, 0.4) is 0 Å². The molecule has 0 aliphatic carbocycles. The summed E-state index contributed by atoms with van der Waals surface area (Å²) in [4.78, 5) is 15.7. The van der Waals surface area contributed by atoms with Crippen LogP contribution in [0.2, 0.25) is 0 Å². The average Bonchev–Trinajstić information content (AvgIpc) is 3.96. The number of para-hydroxylation sites is 4. The maximum atomic E-state index is 6.51. The molecule has 0 N–H and O–H groups in total. The van der Waals surface area contributed by atoms with Gasteiger partial charge in [0, 0.05) is 58.5 Å². The van der Waals surface area contributed by atoms with E-state index in [-0.39, 0.29) is 0 Å². The lowest BCUT2D eigenvalue weighted by Crippen LogP contribution is -2.00. The fourth-order valence-electron chi connectivity index (χ4n) is 8.45. The molecule has 0 aliphatic heterocycles. The summed E-state index contributed by atoms with van der Waals surface area (Å²) in [6.45, 7) is 0. The Labute approximate surface area is 330 Å². The lowest BCUT2D eigenvalue weighted by atomic mass is 10.0. The molecule has 4 aromatic heterocycles. The van der Waals surface area contributed by atoms with Gasteiger partial charge in [0.1, 0.15) is 11.2 Å². The summed E-state index contributed by atoms with van der Waals surface area (Å²) in [6.07, 6.45) is 0. The molecule has 12 rings (SSSR count). The molecule has 6 heteroatoms. The predicted molar refractivity (Wildman–Crippen MR) is 236 cm³/mol. The molecule has 0 atom stereocenters. The molecule has 12 aromatic rings. The summed E-state index contributed by atoms with van der Waals surface area (Å²) < 4.78 is 11.3. The molecule has 8 aromatic carbocycles. The van der Waals surface area contributed by atoms with Gasteiger partial charge in [-0.3, -0.25) is 0 Å². The minimum Gasteiger partial charge on any atom is -0.455 e. The molecule has 266 valence electrons. The van der Waals surface area contributed by atoms with E-state index in [4.69, 9.17) is 19.4 Å². The van der Waals surface area contributed by atoms with Crippen LogP contribution in [0.5, 0.6) is 0 Å². The van der Waals surface area contributed by atoms with Crippen molar-refractivity contribution in [2.75, 3.05) is 0 Å². The van der Waals surface area contributed by atoms with Crippen molar-refractivity contribution < 1.29 is 4.42 Å². The molecule has 0 saturated heterocycles. The summed E-state index contributed by atoms with van der Waals surface area (Å²) in [6, 6.07) is 63.6. The first-order chi connectivity index (χ1) is 28.3. The number of fused-ring (bicyclic) bond motifs is 10. The highest BCUT2D eigenvalue weighted by atomic mass is 32.1. The number of thiophene rings is 1. The molecular weight excluding hydrogens is 717 g/mol. The second-order valence-electron chi connectivity index (χ2n) is 14.3. The van der Waals surface area contributed by atoms with E-state index in [2.05, 4.69) is 156 Å². The first-order valence-electron chi connectivity index (χ1n) is 19.0. The van der Waals surface area contributed by atoms with Gasteiger partial charge >= 0.3 is 0 Å². The Hall–Kier alpha value is -7.41. The van der Waals surface area contributed by atoms with E-state index in [0.29, 0.717) is 17.5 Å². The second kappa shape index (κ2) is 12.6. The van der Waals surface area contributed by atoms with Crippen LogP contribution >= 0.6 is 11.3 Å². The Morgan fingerprint density at radius 3 is 1.81 bits per heavy atom. The smallest absolute Gasteiger partial charge is 0.167 e. The average molecular weight is 747 g/mol. The maximum absolute atomic E-state index is 6.51. The molecular formula is C51H30N4OS. The summed E-state index contributed by atoms with van der Waals surface area (Å²) >= 11 is 1.81. The van der Waals surface area contributed by atoms with Gasteiger partial charge in [-0.15, -0.1) is 11.3 Å². The van der Waals surface area contributed by atoms with E-state index in [1.54, 1.807) is 0 Å². The van der Waals surface area contributed by atoms with E-state index in [9.17, 15) is 0 Å². The van der Waals surface area contributed by atoms with E-state index in [1.165, 1.54) is 37.3 Å². The number of hydrogen-bond donors (Lipinski definition) is 0. The van der Waals surface area contributed by atoms with Gasteiger partial charge in [-0.05, 0) is 53.6 Å². The molecule has 0 fully saturated rings. The van der Waals surface area contributed by atoms with Crippen LogP contribution in [0.4, 0.5) is 0 Å². The SMILES string of the molecule is c1ccc(-c2ccc(-c3nc(-c4cccc5c4oc4ccccc45)nc(-c4cccc5c4sc4c5ccc5c4c4ccccc4n5-c4ccccc4)n3)cc2)cc1. The van der Waals surface area contributed by atoms with Crippen LogP contribution < -0.4 is 0 Å². The van der Waals surface area contributed by atoms with Gasteiger partial charge in [-0.1, -0.05) is 140 Å². The molecule has 0 unspecified atom stereocenters. The number of benzene rings is 8. The van der Waals surface area contributed by atoms with Crippen LogP contribution in [0, 0.1) is 0 Å². The number of nitrogens with zero attached hydrogens (tertiary/aromatic N) is 4. The van der Waals surface area contributed by atoms with Gasteiger partial charge in [0.15, 0.2) is 17.5 Å². The maximum Gasteiger partial charge on any atom is 0.167 e. The molecule has 4 heterocycles. The fourth-order valence-corrected chi connectivity index (χ4v) is 9.82. The van der Waals surface area contributed by atoms with E-state index in [0.717, 1.165) is 60.1 Å². The highest BCUT2D eigenvalue weighted by Crippen LogP contribution is 2.46. The van der Waals surface area contributed by atoms with Crippen molar-refractivity contribution in [2.24, 2.45) is 0 Å². The molecule has 5 nitrogen and oxygen atoms in total. The van der Waals surface area contributed by atoms with Crippen molar-refractivity contribution in [2.45, 2.75) is 0 Å². The van der Waals surface area contributed by atoms with Gasteiger partial charge < -0.3 is 8.98 Å². The third kappa shape index (κ3) is 4.98. The highest BCUT2D eigenvalue weighted by molar-refractivity contribution is 7.27. The molecule has 0 bridgehead atoms. The van der Waals surface area contributed by atoms with Crippen LogP contribution in [0.15, 0.2) is 186 Å². The topological polar surface area (TPSA) is 56.7 Å². The number of furan rings is 1. The van der Waals surface area contributed by atoms with Gasteiger partial charge in [-0.2, -0.15) is 0 Å². The van der Waals surface area contributed by atoms with Crippen molar-refractivity contribution in [1.29, 1.82) is 0 Å². The molecule has 0 amide bonds. The van der Waals surface area contributed by atoms with Crippen molar-refractivity contribution in [3.05, 3.63) is 182 Å². The monoisotopic (exact) mass is 746 g/mol. The molecule has 0 radical (unpaired) electrons. The predicted octanol–water partition coefficient (Wildman–Crippen LogP) is 13.9. The molecule has 0 spiro atoms. The minimum absolute atomic E-state index is 0.568. The van der Waals surface area contributed by atoms with Gasteiger partial charge in [0.2, 0.25) is 0 Å². The van der Waals surface area contributed by atoms with Crippen molar-refractivity contribution in [3.8, 4) is 51.0 Å². The van der Waals surface area contributed by atoms with Gasteiger partial charge in [-0.25, -0.2) is 15.0 Å². The fraction of sp³-hybridized carbons (Fsp3) is 0. The Balaban J connectivity index is 1.10. The summed E-state index contributed by atoms with van der Waals surface area (Å²) in [7, 11) is 0. The third-order valence-electron chi connectivity index (χ3n) is 11.1. The van der Waals surface area contributed by atoms with E-state index in [1.807, 2.05) is 41.7 Å². The zero-order chi connectivity index (χ0) is 37.5. The Morgan fingerprint density at radius 1 is 0.386 bits per heavy atom. The summed E-state index contributed by atoms with van der Waals surface area (Å²) in [5.74, 6) is 1.79. The molecule has 0 aliphatic rings. The summed E-state index contributed by atoms with van der Waals surface area (Å²) in [5, 5.41) is 6.99. The number of hydrogen-bond acceptors (Lipinski definition) is 5. The molecule has 57 heavy (non-hydrogen) atoms.